The van der Waals surface area contributed by atoms with Crippen molar-refractivity contribution in [3.63, 3.8) is 0 Å². The molecule has 0 fully saturated rings. The molecule has 23 heavy (non-hydrogen) atoms. The Balaban J connectivity index is 1.68. The Labute approximate surface area is 135 Å². The lowest BCUT2D eigenvalue weighted by molar-refractivity contribution is -0.117. The van der Waals surface area contributed by atoms with Gasteiger partial charge in [0.2, 0.25) is 11.7 Å². The van der Waals surface area contributed by atoms with E-state index in [1.54, 1.807) is 18.2 Å². The van der Waals surface area contributed by atoms with Gasteiger partial charge in [-0.15, -0.1) is 10.2 Å². The second-order valence-corrected chi connectivity index (χ2v) is 5.09. The van der Waals surface area contributed by atoms with Crippen LogP contribution in [0.5, 0.6) is 0 Å². The van der Waals surface area contributed by atoms with Crippen molar-refractivity contribution in [1.29, 1.82) is 0 Å². The molecule has 6 nitrogen and oxygen atoms in total. The predicted octanol–water partition coefficient (Wildman–Crippen LogP) is 2.77. The summed E-state index contributed by atoms with van der Waals surface area (Å²) in [6.07, 6.45) is 0. The SMILES string of the molecule is O=C(Cn1nnc(-c2ccccc2Cl)n1)Nc1ccc(F)cc1. The molecular weight excluding hydrogens is 321 g/mol. The van der Waals surface area contributed by atoms with E-state index >= 15 is 0 Å². The van der Waals surface area contributed by atoms with Gasteiger partial charge in [0.1, 0.15) is 12.4 Å². The van der Waals surface area contributed by atoms with E-state index in [0.29, 0.717) is 22.1 Å². The smallest absolute Gasteiger partial charge is 0.248 e. The van der Waals surface area contributed by atoms with Crippen LogP contribution >= 0.6 is 11.6 Å². The van der Waals surface area contributed by atoms with Crippen LogP contribution in [0.1, 0.15) is 0 Å². The van der Waals surface area contributed by atoms with E-state index in [2.05, 4.69) is 20.7 Å². The lowest BCUT2D eigenvalue weighted by atomic mass is 10.2. The average molecular weight is 332 g/mol. The monoisotopic (exact) mass is 331 g/mol. The maximum Gasteiger partial charge on any atom is 0.248 e. The van der Waals surface area contributed by atoms with Crippen molar-refractivity contribution in [3.05, 3.63) is 59.4 Å². The van der Waals surface area contributed by atoms with E-state index in [9.17, 15) is 9.18 Å². The van der Waals surface area contributed by atoms with Crippen LogP contribution in [0.2, 0.25) is 5.02 Å². The molecule has 0 atom stereocenters. The number of benzene rings is 2. The highest BCUT2D eigenvalue weighted by molar-refractivity contribution is 6.33. The number of tetrazole rings is 1. The van der Waals surface area contributed by atoms with E-state index in [-0.39, 0.29) is 18.3 Å². The molecule has 1 aromatic heterocycles. The van der Waals surface area contributed by atoms with Crippen molar-refractivity contribution in [2.45, 2.75) is 6.54 Å². The number of hydrogen-bond acceptors (Lipinski definition) is 4. The summed E-state index contributed by atoms with van der Waals surface area (Å²) in [7, 11) is 0. The van der Waals surface area contributed by atoms with Crippen LogP contribution in [-0.4, -0.2) is 26.1 Å². The molecule has 0 aliphatic carbocycles. The summed E-state index contributed by atoms with van der Waals surface area (Å²) in [6.45, 7) is -0.116. The van der Waals surface area contributed by atoms with E-state index in [1.807, 2.05) is 6.07 Å². The normalized spacial score (nSPS) is 10.5. The summed E-state index contributed by atoms with van der Waals surface area (Å²) in [5.74, 6) is -0.379. The number of nitrogens with one attached hydrogen (secondary N) is 1. The van der Waals surface area contributed by atoms with Gasteiger partial charge in [-0.2, -0.15) is 4.80 Å². The molecule has 2 aromatic carbocycles. The first-order valence-electron chi connectivity index (χ1n) is 6.70. The molecule has 0 unspecified atom stereocenters. The van der Waals surface area contributed by atoms with Crippen molar-refractivity contribution >= 4 is 23.2 Å². The highest BCUT2D eigenvalue weighted by atomic mass is 35.5. The topological polar surface area (TPSA) is 72.7 Å². The number of hydrogen-bond donors (Lipinski definition) is 1. The maximum absolute atomic E-state index is 12.8. The molecule has 1 N–H and O–H groups in total. The van der Waals surface area contributed by atoms with Gasteiger partial charge in [-0.3, -0.25) is 4.79 Å². The fraction of sp³-hybridized carbons (Fsp3) is 0.0667. The second kappa shape index (κ2) is 6.53. The van der Waals surface area contributed by atoms with Gasteiger partial charge in [-0.25, -0.2) is 4.39 Å². The molecule has 8 heteroatoms. The number of carbonyl (C=O) groups excluding carboxylic acids is 1. The molecule has 3 rings (SSSR count). The minimum atomic E-state index is -0.370. The Morgan fingerprint density at radius 1 is 1.17 bits per heavy atom. The first-order chi connectivity index (χ1) is 11.1. The summed E-state index contributed by atoms with van der Waals surface area (Å²) in [6, 6.07) is 12.6. The van der Waals surface area contributed by atoms with Gasteiger partial charge in [-0.05, 0) is 41.6 Å². The molecule has 0 radical (unpaired) electrons. The third-order valence-corrected chi connectivity index (χ3v) is 3.31. The summed E-state index contributed by atoms with van der Waals surface area (Å²) in [5.41, 5.74) is 1.13. The standard InChI is InChI=1S/C15H11ClFN5O/c16-13-4-2-1-3-12(13)15-19-21-22(20-15)9-14(23)18-11-7-5-10(17)6-8-11/h1-8H,9H2,(H,18,23). The molecule has 1 amide bonds. The molecule has 0 aliphatic rings. The van der Waals surface area contributed by atoms with Crippen LogP contribution in [0.4, 0.5) is 10.1 Å². The highest BCUT2D eigenvalue weighted by Crippen LogP contribution is 2.23. The van der Waals surface area contributed by atoms with Gasteiger partial charge in [-0.1, -0.05) is 23.7 Å². The first-order valence-corrected chi connectivity index (χ1v) is 7.08. The van der Waals surface area contributed by atoms with E-state index in [0.717, 1.165) is 4.80 Å². The average Bonchev–Trinajstić information content (AvgIpc) is 2.98. The Kier molecular flexibility index (Phi) is 4.29. The van der Waals surface area contributed by atoms with Crippen molar-refractivity contribution in [1.82, 2.24) is 20.2 Å². The van der Waals surface area contributed by atoms with Gasteiger partial charge in [0.05, 0.1) is 5.02 Å². The van der Waals surface area contributed by atoms with Crippen LogP contribution in [0, 0.1) is 5.82 Å². The fourth-order valence-corrected chi connectivity index (χ4v) is 2.14. The van der Waals surface area contributed by atoms with Gasteiger partial charge in [0, 0.05) is 11.3 Å². The first kappa shape index (κ1) is 15.1. The van der Waals surface area contributed by atoms with E-state index < -0.39 is 0 Å². The number of carbonyl (C=O) groups is 1. The zero-order valence-electron chi connectivity index (χ0n) is 11.8. The second-order valence-electron chi connectivity index (χ2n) is 4.68. The highest BCUT2D eigenvalue weighted by Gasteiger charge is 2.11. The van der Waals surface area contributed by atoms with Gasteiger partial charge in [0.15, 0.2) is 0 Å². The van der Waals surface area contributed by atoms with Crippen molar-refractivity contribution in [2.24, 2.45) is 0 Å². The number of amides is 1. The van der Waals surface area contributed by atoms with Gasteiger partial charge >= 0.3 is 0 Å². The molecule has 0 saturated heterocycles. The Morgan fingerprint density at radius 3 is 2.65 bits per heavy atom. The lowest BCUT2D eigenvalue weighted by Crippen LogP contribution is -2.20. The zero-order chi connectivity index (χ0) is 16.2. The quantitative estimate of drug-likeness (QED) is 0.798. The fourth-order valence-electron chi connectivity index (χ4n) is 1.92. The van der Waals surface area contributed by atoms with Crippen LogP contribution in [0.25, 0.3) is 11.4 Å². The molecule has 1 heterocycles. The van der Waals surface area contributed by atoms with Crippen molar-refractivity contribution in [3.8, 4) is 11.4 Å². The summed E-state index contributed by atoms with van der Waals surface area (Å²) in [4.78, 5) is 13.1. The molecule has 0 spiro atoms. The van der Waals surface area contributed by atoms with Crippen molar-refractivity contribution < 1.29 is 9.18 Å². The number of rotatable bonds is 4. The number of aromatic nitrogens is 4. The Morgan fingerprint density at radius 2 is 1.91 bits per heavy atom. The minimum absolute atomic E-state index is 0.116. The van der Waals surface area contributed by atoms with Crippen LogP contribution in [0.3, 0.4) is 0 Å². The minimum Gasteiger partial charge on any atom is -0.324 e. The van der Waals surface area contributed by atoms with Gasteiger partial charge < -0.3 is 5.32 Å². The molecular formula is C15H11ClFN5O. The molecule has 3 aromatic rings. The lowest BCUT2D eigenvalue weighted by Gasteiger charge is -2.03. The summed E-state index contributed by atoms with van der Waals surface area (Å²) in [5, 5.41) is 15.0. The predicted molar refractivity (Wildman–Crippen MR) is 83.3 cm³/mol. The zero-order valence-corrected chi connectivity index (χ0v) is 12.5. The largest absolute Gasteiger partial charge is 0.324 e. The van der Waals surface area contributed by atoms with Gasteiger partial charge in [0.25, 0.3) is 0 Å². The summed E-state index contributed by atoms with van der Waals surface area (Å²) >= 11 is 6.07. The molecule has 0 saturated carbocycles. The van der Waals surface area contributed by atoms with Crippen LogP contribution < -0.4 is 5.32 Å². The molecule has 116 valence electrons. The molecule has 0 bridgehead atoms. The van der Waals surface area contributed by atoms with E-state index in [1.165, 1.54) is 24.3 Å². The van der Waals surface area contributed by atoms with Crippen LogP contribution in [0.15, 0.2) is 48.5 Å². The number of anilines is 1. The number of nitrogens with zero attached hydrogens (tertiary/aromatic N) is 4. The van der Waals surface area contributed by atoms with Crippen molar-refractivity contribution in [2.75, 3.05) is 5.32 Å². The third kappa shape index (κ3) is 3.70. The van der Waals surface area contributed by atoms with Crippen LogP contribution in [-0.2, 0) is 11.3 Å². The molecule has 0 aliphatic heterocycles. The van der Waals surface area contributed by atoms with E-state index in [4.69, 9.17) is 11.6 Å². The Hall–Kier alpha value is -2.80. The Bertz CT molecular complexity index is 834. The summed E-state index contributed by atoms with van der Waals surface area (Å²) < 4.78 is 12.8. The number of halogens is 2. The third-order valence-electron chi connectivity index (χ3n) is 2.98. The maximum atomic E-state index is 12.8.